The van der Waals surface area contributed by atoms with Crippen molar-refractivity contribution in [3.05, 3.63) is 0 Å². The molecular formula is C10H16N2O. The lowest BCUT2D eigenvalue weighted by molar-refractivity contribution is 0.152. The summed E-state index contributed by atoms with van der Waals surface area (Å²) in [6.45, 7) is 1.76. The minimum Gasteiger partial charge on any atom is -0.392 e. The Labute approximate surface area is 79.0 Å². The highest BCUT2D eigenvalue weighted by atomic mass is 16.3. The highest BCUT2D eigenvalue weighted by Gasteiger charge is 2.35. The predicted octanol–water partition coefficient (Wildman–Crippen LogP) is 0.745. The molecule has 1 aliphatic heterocycles. The molecule has 13 heavy (non-hydrogen) atoms. The van der Waals surface area contributed by atoms with E-state index < -0.39 is 0 Å². The Kier molecular flexibility index (Phi) is 2.52. The molecule has 1 heterocycles. The van der Waals surface area contributed by atoms with E-state index in [1.54, 1.807) is 0 Å². The summed E-state index contributed by atoms with van der Waals surface area (Å²) in [5, 5.41) is 18.3. The first-order valence-electron chi connectivity index (χ1n) is 5.13. The van der Waals surface area contributed by atoms with Gasteiger partial charge in [0, 0.05) is 19.1 Å². The summed E-state index contributed by atoms with van der Waals surface area (Å²) in [5.74, 6) is 0.213. The molecule has 2 rings (SSSR count). The van der Waals surface area contributed by atoms with Crippen LogP contribution in [0.3, 0.4) is 0 Å². The first-order chi connectivity index (χ1) is 6.31. The van der Waals surface area contributed by atoms with E-state index in [-0.39, 0.29) is 12.0 Å². The van der Waals surface area contributed by atoms with Crippen LogP contribution in [0.1, 0.15) is 25.7 Å². The van der Waals surface area contributed by atoms with Crippen molar-refractivity contribution in [2.24, 2.45) is 5.92 Å². The van der Waals surface area contributed by atoms with E-state index >= 15 is 0 Å². The van der Waals surface area contributed by atoms with Gasteiger partial charge < -0.3 is 5.11 Å². The summed E-state index contributed by atoms with van der Waals surface area (Å²) in [5.41, 5.74) is 0. The summed E-state index contributed by atoms with van der Waals surface area (Å²) in [7, 11) is 0. The largest absolute Gasteiger partial charge is 0.392 e. The third kappa shape index (κ3) is 1.70. The number of hydrogen-bond acceptors (Lipinski definition) is 3. The first kappa shape index (κ1) is 8.98. The van der Waals surface area contributed by atoms with Gasteiger partial charge in [0.15, 0.2) is 0 Å². The second-order valence-electron chi connectivity index (χ2n) is 4.17. The molecule has 0 aromatic rings. The molecule has 0 spiro atoms. The van der Waals surface area contributed by atoms with E-state index in [1.165, 1.54) is 6.42 Å². The Balaban J connectivity index is 1.97. The highest BCUT2D eigenvalue weighted by molar-refractivity contribution is 4.99. The highest BCUT2D eigenvalue weighted by Crippen LogP contribution is 2.31. The number of aliphatic hydroxyl groups excluding tert-OH is 1. The van der Waals surface area contributed by atoms with Crippen LogP contribution in [0.2, 0.25) is 0 Å². The molecule has 72 valence electrons. The van der Waals surface area contributed by atoms with Crippen LogP contribution in [0.5, 0.6) is 0 Å². The van der Waals surface area contributed by atoms with Crippen LogP contribution in [-0.4, -0.2) is 35.2 Å². The van der Waals surface area contributed by atoms with Gasteiger partial charge in [-0.1, -0.05) is 6.42 Å². The van der Waals surface area contributed by atoms with E-state index in [0.717, 1.165) is 32.4 Å². The van der Waals surface area contributed by atoms with Crippen molar-refractivity contribution in [2.75, 3.05) is 13.1 Å². The summed E-state index contributed by atoms with van der Waals surface area (Å²) < 4.78 is 0. The zero-order chi connectivity index (χ0) is 9.26. The number of rotatable bonds is 1. The van der Waals surface area contributed by atoms with Crippen LogP contribution in [0.15, 0.2) is 0 Å². The van der Waals surface area contributed by atoms with Gasteiger partial charge in [0.05, 0.1) is 18.1 Å². The second-order valence-corrected chi connectivity index (χ2v) is 4.17. The third-order valence-corrected chi connectivity index (χ3v) is 3.31. The third-order valence-electron chi connectivity index (χ3n) is 3.31. The van der Waals surface area contributed by atoms with E-state index in [9.17, 15) is 5.11 Å². The Morgan fingerprint density at radius 1 is 1.31 bits per heavy atom. The van der Waals surface area contributed by atoms with E-state index in [1.807, 2.05) is 0 Å². The summed E-state index contributed by atoms with van der Waals surface area (Å²) in [6, 6.07) is 2.81. The summed E-state index contributed by atoms with van der Waals surface area (Å²) in [6.07, 6.45) is 4.10. The fourth-order valence-electron chi connectivity index (χ4n) is 2.60. The minimum atomic E-state index is -0.153. The topological polar surface area (TPSA) is 47.3 Å². The SMILES string of the molecule is N#CC1CCCC1N1CCC(O)C1. The van der Waals surface area contributed by atoms with Crippen LogP contribution < -0.4 is 0 Å². The van der Waals surface area contributed by atoms with Gasteiger partial charge in [-0.15, -0.1) is 0 Å². The van der Waals surface area contributed by atoms with E-state index in [2.05, 4.69) is 11.0 Å². The summed E-state index contributed by atoms with van der Waals surface area (Å²) in [4.78, 5) is 2.30. The zero-order valence-corrected chi connectivity index (χ0v) is 7.82. The van der Waals surface area contributed by atoms with Crippen molar-refractivity contribution in [1.29, 1.82) is 5.26 Å². The molecule has 3 atom stereocenters. The Morgan fingerprint density at radius 2 is 2.15 bits per heavy atom. The molecule has 2 fully saturated rings. The van der Waals surface area contributed by atoms with Crippen LogP contribution in [0.25, 0.3) is 0 Å². The molecule has 0 bridgehead atoms. The maximum atomic E-state index is 9.39. The number of nitriles is 1. The average Bonchev–Trinajstić information content (AvgIpc) is 2.71. The van der Waals surface area contributed by atoms with Crippen LogP contribution in [0.4, 0.5) is 0 Å². The quantitative estimate of drug-likeness (QED) is 0.647. The van der Waals surface area contributed by atoms with Gasteiger partial charge in [-0.2, -0.15) is 5.26 Å². The fraction of sp³-hybridized carbons (Fsp3) is 0.900. The Bertz CT molecular complexity index is 223. The van der Waals surface area contributed by atoms with Gasteiger partial charge in [0.25, 0.3) is 0 Å². The Hall–Kier alpha value is -0.590. The fourth-order valence-corrected chi connectivity index (χ4v) is 2.60. The lowest BCUT2D eigenvalue weighted by Gasteiger charge is -2.25. The van der Waals surface area contributed by atoms with E-state index in [0.29, 0.717) is 6.04 Å². The van der Waals surface area contributed by atoms with Gasteiger partial charge in [0.1, 0.15) is 0 Å². The molecule has 0 radical (unpaired) electrons. The minimum absolute atomic E-state index is 0.153. The molecule has 3 unspecified atom stereocenters. The molecule has 3 heteroatoms. The maximum Gasteiger partial charge on any atom is 0.0679 e. The molecule has 1 N–H and O–H groups in total. The van der Waals surface area contributed by atoms with Gasteiger partial charge in [-0.25, -0.2) is 0 Å². The van der Waals surface area contributed by atoms with Crippen LogP contribution in [-0.2, 0) is 0 Å². The number of hydrogen-bond donors (Lipinski definition) is 1. The molecule has 0 aromatic carbocycles. The molecule has 0 amide bonds. The molecular weight excluding hydrogens is 164 g/mol. The van der Waals surface area contributed by atoms with Gasteiger partial charge in [-0.05, 0) is 19.3 Å². The molecule has 3 nitrogen and oxygen atoms in total. The van der Waals surface area contributed by atoms with Crippen molar-refractivity contribution in [1.82, 2.24) is 4.90 Å². The van der Waals surface area contributed by atoms with Crippen LogP contribution in [0, 0.1) is 17.2 Å². The standard InChI is InChI=1S/C10H16N2O/c11-6-8-2-1-3-10(8)12-5-4-9(13)7-12/h8-10,13H,1-5,7H2. The zero-order valence-electron chi connectivity index (χ0n) is 7.82. The first-order valence-corrected chi connectivity index (χ1v) is 5.13. The van der Waals surface area contributed by atoms with Crippen molar-refractivity contribution < 1.29 is 5.11 Å². The van der Waals surface area contributed by atoms with Crippen molar-refractivity contribution in [3.63, 3.8) is 0 Å². The monoisotopic (exact) mass is 180 g/mol. The molecule has 0 aromatic heterocycles. The predicted molar refractivity (Wildman–Crippen MR) is 48.9 cm³/mol. The average molecular weight is 180 g/mol. The molecule has 1 saturated heterocycles. The smallest absolute Gasteiger partial charge is 0.0679 e. The normalized spacial score (nSPS) is 40.8. The maximum absolute atomic E-state index is 9.39. The Morgan fingerprint density at radius 3 is 2.77 bits per heavy atom. The van der Waals surface area contributed by atoms with Crippen LogP contribution >= 0.6 is 0 Å². The lowest BCUT2D eigenvalue weighted by atomic mass is 10.0. The molecule has 1 saturated carbocycles. The number of β-amino-alcohol motifs (C(OH)–C–C–N with tert-alkyl or cyclic N) is 1. The number of aliphatic hydroxyl groups is 1. The van der Waals surface area contributed by atoms with E-state index in [4.69, 9.17) is 5.26 Å². The lowest BCUT2D eigenvalue weighted by Crippen LogP contribution is -2.36. The van der Waals surface area contributed by atoms with Crippen molar-refractivity contribution >= 4 is 0 Å². The second kappa shape index (κ2) is 3.65. The van der Waals surface area contributed by atoms with Gasteiger partial charge in [-0.3, -0.25) is 4.90 Å². The number of nitrogens with zero attached hydrogens (tertiary/aromatic N) is 2. The molecule has 1 aliphatic carbocycles. The van der Waals surface area contributed by atoms with Gasteiger partial charge in [0.2, 0.25) is 0 Å². The van der Waals surface area contributed by atoms with Gasteiger partial charge >= 0.3 is 0 Å². The summed E-state index contributed by atoms with van der Waals surface area (Å²) >= 11 is 0. The molecule has 2 aliphatic rings. The number of likely N-dealkylation sites (tertiary alicyclic amines) is 1. The van der Waals surface area contributed by atoms with Crippen molar-refractivity contribution in [3.8, 4) is 6.07 Å². The van der Waals surface area contributed by atoms with Crippen molar-refractivity contribution in [2.45, 2.75) is 37.8 Å².